The van der Waals surface area contributed by atoms with E-state index in [1.807, 2.05) is 29.5 Å². The second-order valence-corrected chi connectivity index (χ2v) is 5.22. The minimum Gasteiger partial charge on any atom is -0.507 e. The van der Waals surface area contributed by atoms with E-state index < -0.39 is 0 Å². The van der Waals surface area contributed by atoms with E-state index >= 15 is 0 Å². The van der Waals surface area contributed by atoms with Gasteiger partial charge < -0.3 is 16.2 Å². The summed E-state index contributed by atoms with van der Waals surface area (Å²) < 4.78 is 0.691. The van der Waals surface area contributed by atoms with Crippen molar-refractivity contribution in [3.63, 3.8) is 0 Å². The van der Waals surface area contributed by atoms with Gasteiger partial charge in [-0.3, -0.25) is 4.79 Å². The summed E-state index contributed by atoms with van der Waals surface area (Å²) in [7, 11) is 0. The van der Waals surface area contributed by atoms with Crippen LogP contribution in [-0.4, -0.2) is 16.0 Å². The monoisotopic (exact) mass is 369 g/mol. The number of nitrogens with zero attached hydrogens (tertiary/aromatic N) is 1. The lowest BCUT2D eigenvalue weighted by Gasteiger charge is -2.08. The number of aromatic hydroxyl groups is 1. The van der Waals surface area contributed by atoms with Crippen LogP contribution in [0.15, 0.2) is 30.5 Å². The Morgan fingerprint density at radius 2 is 2.16 bits per heavy atom. The number of nitrogens with two attached hydrogens (primary N) is 1. The molecule has 0 radical (unpaired) electrons. The Labute approximate surface area is 124 Å². The van der Waals surface area contributed by atoms with Crippen LogP contribution in [0.5, 0.6) is 5.75 Å². The molecule has 4 N–H and O–H groups in total. The number of pyridine rings is 1. The molecule has 1 heterocycles. The Morgan fingerprint density at radius 3 is 2.79 bits per heavy atom. The lowest BCUT2D eigenvalue weighted by Crippen LogP contribution is -2.14. The van der Waals surface area contributed by atoms with Crippen molar-refractivity contribution in [1.29, 1.82) is 0 Å². The van der Waals surface area contributed by atoms with Gasteiger partial charge in [0.1, 0.15) is 11.6 Å². The van der Waals surface area contributed by atoms with Crippen molar-refractivity contribution < 1.29 is 9.90 Å². The molecule has 0 saturated heterocycles. The van der Waals surface area contributed by atoms with Gasteiger partial charge in [0, 0.05) is 5.56 Å². The van der Waals surface area contributed by atoms with Gasteiger partial charge in [-0.25, -0.2) is 4.98 Å². The smallest absolute Gasteiger partial charge is 0.256 e. The molecule has 6 heteroatoms. The van der Waals surface area contributed by atoms with E-state index in [4.69, 9.17) is 5.73 Å². The topological polar surface area (TPSA) is 88.2 Å². The zero-order chi connectivity index (χ0) is 14.0. The number of amides is 1. The van der Waals surface area contributed by atoms with E-state index in [9.17, 15) is 9.90 Å². The minimum absolute atomic E-state index is 0.0789. The minimum atomic E-state index is -0.327. The molecule has 1 aromatic carbocycles. The average Bonchev–Trinajstić information content (AvgIpc) is 2.36. The zero-order valence-corrected chi connectivity index (χ0v) is 12.3. The zero-order valence-electron chi connectivity index (χ0n) is 10.1. The molecule has 2 rings (SSSR count). The first-order valence-corrected chi connectivity index (χ1v) is 6.57. The number of hydrogen-bond acceptors (Lipinski definition) is 4. The largest absolute Gasteiger partial charge is 0.507 e. The summed E-state index contributed by atoms with van der Waals surface area (Å²) in [4.78, 5) is 16.1. The van der Waals surface area contributed by atoms with Gasteiger partial charge in [0.25, 0.3) is 5.91 Å². The van der Waals surface area contributed by atoms with Gasteiger partial charge in [0.15, 0.2) is 0 Å². The number of halogens is 1. The van der Waals surface area contributed by atoms with Crippen molar-refractivity contribution >= 4 is 40.0 Å². The molecule has 1 amide bonds. The van der Waals surface area contributed by atoms with Crippen molar-refractivity contribution in [2.75, 3.05) is 11.1 Å². The number of rotatable bonds is 2. The summed E-state index contributed by atoms with van der Waals surface area (Å²) in [5.74, 6) is 0.208. The fourth-order valence-electron chi connectivity index (χ4n) is 1.56. The summed E-state index contributed by atoms with van der Waals surface area (Å²) in [6.45, 7) is 1.81. The van der Waals surface area contributed by atoms with E-state index in [0.717, 1.165) is 5.56 Å². The highest BCUT2D eigenvalue weighted by atomic mass is 127. The van der Waals surface area contributed by atoms with Gasteiger partial charge in [-0.2, -0.15) is 0 Å². The van der Waals surface area contributed by atoms with E-state index in [1.54, 1.807) is 18.2 Å². The normalized spacial score (nSPS) is 10.2. The van der Waals surface area contributed by atoms with Crippen LogP contribution in [-0.2, 0) is 0 Å². The van der Waals surface area contributed by atoms with Crippen LogP contribution >= 0.6 is 22.6 Å². The third kappa shape index (κ3) is 3.14. The maximum atomic E-state index is 12.0. The lowest BCUT2D eigenvalue weighted by molar-refractivity contribution is 0.102. The quantitative estimate of drug-likeness (QED) is 0.710. The third-order valence-electron chi connectivity index (χ3n) is 2.54. The van der Waals surface area contributed by atoms with Gasteiger partial charge in [-0.15, -0.1) is 0 Å². The Balaban J connectivity index is 2.23. The first-order chi connectivity index (χ1) is 8.97. The van der Waals surface area contributed by atoms with Crippen molar-refractivity contribution in [1.82, 2.24) is 4.98 Å². The maximum Gasteiger partial charge on any atom is 0.256 e. The molecule has 98 valence electrons. The van der Waals surface area contributed by atoms with E-state index in [0.29, 0.717) is 20.6 Å². The second-order valence-electron chi connectivity index (χ2n) is 4.05. The lowest BCUT2D eigenvalue weighted by atomic mass is 10.2. The summed E-state index contributed by atoms with van der Waals surface area (Å²) in [5, 5.41) is 12.3. The first-order valence-electron chi connectivity index (χ1n) is 5.49. The number of nitrogen functional groups attached to an aromatic ring is 1. The first kappa shape index (κ1) is 13.6. The highest BCUT2D eigenvalue weighted by molar-refractivity contribution is 14.1. The molecule has 0 aliphatic heterocycles. The van der Waals surface area contributed by atoms with Crippen LogP contribution in [0.25, 0.3) is 0 Å². The number of carbonyl (C=O) groups is 1. The van der Waals surface area contributed by atoms with Crippen molar-refractivity contribution in [3.05, 3.63) is 45.2 Å². The van der Waals surface area contributed by atoms with Crippen molar-refractivity contribution in [2.45, 2.75) is 6.92 Å². The van der Waals surface area contributed by atoms with Crippen LogP contribution in [0.3, 0.4) is 0 Å². The summed E-state index contributed by atoms with van der Waals surface area (Å²) in [5.41, 5.74) is 7.29. The Bertz CT molecular complexity index is 644. The molecule has 0 fully saturated rings. The molecule has 1 aromatic heterocycles. The van der Waals surface area contributed by atoms with Crippen LogP contribution in [0.2, 0.25) is 0 Å². The number of hydrogen-bond donors (Lipinski definition) is 3. The second kappa shape index (κ2) is 5.43. The Hall–Kier alpha value is -1.83. The standard InChI is InChI=1S/C13H12IN3O2/c1-7-4-9(15)6-16-12(7)17-13(19)8-2-3-10(14)11(18)5-8/h2-6,18H,15H2,1H3,(H,16,17,19). The fourth-order valence-corrected chi connectivity index (χ4v) is 1.90. The Kier molecular flexibility index (Phi) is 3.89. The van der Waals surface area contributed by atoms with Gasteiger partial charge >= 0.3 is 0 Å². The molecule has 0 aliphatic rings. The highest BCUT2D eigenvalue weighted by Gasteiger charge is 2.10. The van der Waals surface area contributed by atoms with Gasteiger partial charge in [0.2, 0.25) is 0 Å². The Morgan fingerprint density at radius 1 is 1.42 bits per heavy atom. The predicted molar refractivity (Wildman–Crippen MR) is 82.2 cm³/mol. The van der Waals surface area contributed by atoms with Crippen LogP contribution in [0.1, 0.15) is 15.9 Å². The summed E-state index contributed by atoms with van der Waals surface area (Å²) in [6, 6.07) is 6.47. The number of carbonyl (C=O) groups excluding carboxylic acids is 1. The highest BCUT2D eigenvalue weighted by Crippen LogP contribution is 2.21. The molecule has 0 spiro atoms. The van der Waals surface area contributed by atoms with Gasteiger partial charge in [-0.05, 0) is 59.3 Å². The third-order valence-corrected chi connectivity index (χ3v) is 3.45. The SMILES string of the molecule is Cc1cc(N)cnc1NC(=O)c1ccc(I)c(O)c1. The molecule has 0 atom stereocenters. The number of aromatic nitrogens is 1. The number of nitrogens with one attached hydrogen (secondary N) is 1. The van der Waals surface area contributed by atoms with E-state index in [1.165, 1.54) is 12.3 Å². The predicted octanol–water partition coefficient (Wildman–Crippen LogP) is 2.53. The molecule has 0 saturated carbocycles. The van der Waals surface area contributed by atoms with Crippen molar-refractivity contribution in [2.24, 2.45) is 0 Å². The number of benzene rings is 1. The molecule has 19 heavy (non-hydrogen) atoms. The molecular weight excluding hydrogens is 357 g/mol. The van der Waals surface area contributed by atoms with Gasteiger partial charge in [0.05, 0.1) is 15.5 Å². The van der Waals surface area contributed by atoms with Crippen LogP contribution in [0.4, 0.5) is 11.5 Å². The maximum absolute atomic E-state index is 12.0. The number of phenolic OH excluding ortho intramolecular Hbond substituents is 1. The van der Waals surface area contributed by atoms with Gasteiger partial charge in [-0.1, -0.05) is 0 Å². The average molecular weight is 369 g/mol. The van der Waals surface area contributed by atoms with E-state index in [-0.39, 0.29) is 11.7 Å². The molecule has 5 nitrogen and oxygen atoms in total. The molecule has 0 unspecified atom stereocenters. The molecular formula is C13H12IN3O2. The molecule has 0 aliphatic carbocycles. The molecule has 2 aromatic rings. The van der Waals surface area contributed by atoms with Crippen molar-refractivity contribution in [3.8, 4) is 5.75 Å². The van der Waals surface area contributed by atoms with Crippen LogP contribution < -0.4 is 11.1 Å². The summed E-state index contributed by atoms with van der Waals surface area (Å²) in [6.07, 6.45) is 1.48. The van der Waals surface area contributed by atoms with Crippen LogP contribution in [0, 0.1) is 10.5 Å². The van der Waals surface area contributed by atoms with E-state index in [2.05, 4.69) is 10.3 Å². The number of phenols is 1. The number of anilines is 2. The number of aryl methyl sites for hydroxylation is 1. The molecule has 0 bridgehead atoms. The summed E-state index contributed by atoms with van der Waals surface area (Å²) >= 11 is 1.99. The fraction of sp³-hybridized carbons (Fsp3) is 0.0769.